The number of halogens is 1. The molecule has 0 saturated heterocycles. The Morgan fingerprint density at radius 3 is 2.68 bits per heavy atom. The predicted molar refractivity (Wildman–Crippen MR) is 75.6 cm³/mol. The number of likely N-dealkylation sites (N-methyl/N-ethyl adjacent to an activating group) is 1. The zero-order valence-corrected chi connectivity index (χ0v) is 11.8. The lowest BCUT2D eigenvalue weighted by Gasteiger charge is -2.17. The molecule has 1 amide bonds. The molecule has 0 radical (unpaired) electrons. The highest BCUT2D eigenvalue weighted by atomic mass is 32.1. The van der Waals surface area contributed by atoms with Crippen LogP contribution in [0.2, 0.25) is 0 Å². The average Bonchev–Trinajstić information content (AvgIpc) is 2.78. The molecule has 0 atom stereocenters. The molecular weight excluding hydrogens is 261 g/mol. The van der Waals surface area contributed by atoms with E-state index in [1.165, 1.54) is 16.5 Å². The van der Waals surface area contributed by atoms with Gasteiger partial charge in [0.2, 0.25) is 5.91 Å². The lowest BCUT2D eigenvalue weighted by atomic mass is 10.1. The van der Waals surface area contributed by atoms with Crippen molar-refractivity contribution in [2.45, 2.75) is 19.9 Å². The zero-order chi connectivity index (χ0) is 13.8. The SMILES string of the molecule is Cc1ccsc1CN(C)C(=O)Cc1ccccc1F. The van der Waals surface area contributed by atoms with Crippen molar-refractivity contribution in [1.82, 2.24) is 4.90 Å². The first-order valence-corrected chi connectivity index (χ1v) is 6.96. The van der Waals surface area contributed by atoms with E-state index < -0.39 is 0 Å². The van der Waals surface area contributed by atoms with E-state index in [4.69, 9.17) is 0 Å². The minimum absolute atomic E-state index is 0.0714. The lowest BCUT2D eigenvalue weighted by Crippen LogP contribution is -2.27. The number of thiophene rings is 1. The van der Waals surface area contributed by atoms with Gasteiger partial charge in [-0.15, -0.1) is 11.3 Å². The van der Waals surface area contributed by atoms with Gasteiger partial charge < -0.3 is 4.90 Å². The number of carbonyl (C=O) groups excluding carboxylic acids is 1. The molecule has 4 heteroatoms. The molecule has 1 heterocycles. The Bertz CT molecular complexity index is 579. The number of carbonyl (C=O) groups is 1. The molecule has 0 N–H and O–H groups in total. The number of benzene rings is 1. The van der Waals surface area contributed by atoms with Crippen LogP contribution in [-0.2, 0) is 17.8 Å². The summed E-state index contributed by atoms with van der Waals surface area (Å²) in [5.74, 6) is -0.394. The number of nitrogens with zero attached hydrogens (tertiary/aromatic N) is 1. The highest BCUT2D eigenvalue weighted by Gasteiger charge is 2.13. The Morgan fingerprint density at radius 2 is 2.05 bits per heavy atom. The summed E-state index contributed by atoms with van der Waals surface area (Å²) in [4.78, 5) is 14.9. The van der Waals surface area contributed by atoms with Crippen molar-refractivity contribution < 1.29 is 9.18 Å². The molecule has 0 aliphatic rings. The van der Waals surface area contributed by atoms with Crippen molar-refractivity contribution in [2.75, 3.05) is 7.05 Å². The van der Waals surface area contributed by atoms with Gasteiger partial charge in [0.1, 0.15) is 5.82 Å². The predicted octanol–water partition coefficient (Wildman–Crippen LogP) is 3.40. The second-order valence-electron chi connectivity index (χ2n) is 4.54. The van der Waals surface area contributed by atoms with Crippen molar-refractivity contribution in [3.05, 3.63) is 57.5 Å². The van der Waals surface area contributed by atoms with Crippen LogP contribution in [0.3, 0.4) is 0 Å². The van der Waals surface area contributed by atoms with Crippen LogP contribution in [0.4, 0.5) is 4.39 Å². The molecule has 2 rings (SSSR count). The van der Waals surface area contributed by atoms with Crippen LogP contribution in [0.25, 0.3) is 0 Å². The van der Waals surface area contributed by atoms with Gasteiger partial charge in [-0.05, 0) is 35.6 Å². The van der Waals surface area contributed by atoms with Gasteiger partial charge in [-0.1, -0.05) is 18.2 Å². The van der Waals surface area contributed by atoms with Gasteiger partial charge in [0.25, 0.3) is 0 Å². The molecule has 0 bridgehead atoms. The van der Waals surface area contributed by atoms with E-state index in [9.17, 15) is 9.18 Å². The number of amides is 1. The van der Waals surface area contributed by atoms with Crippen LogP contribution in [-0.4, -0.2) is 17.9 Å². The third kappa shape index (κ3) is 3.41. The fraction of sp³-hybridized carbons (Fsp3) is 0.267. The van der Waals surface area contributed by atoms with Gasteiger partial charge in [0.05, 0.1) is 13.0 Å². The Balaban J connectivity index is 2.00. The minimum Gasteiger partial charge on any atom is -0.340 e. The third-order valence-corrected chi connectivity index (χ3v) is 4.08. The average molecular weight is 277 g/mol. The molecule has 2 aromatic rings. The van der Waals surface area contributed by atoms with E-state index in [0.29, 0.717) is 12.1 Å². The summed E-state index contributed by atoms with van der Waals surface area (Å²) >= 11 is 1.64. The van der Waals surface area contributed by atoms with Gasteiger partial charge in [0.15, 0.2) is 0 Å². The molecule has 0 unspecified atom stereocenters. The van der Waals surface area contributed by atoms with Crippen molar-refractivity contribution in [2.24, 2.45) is 0 Å². The van der Waals surface area contributed by atoms with E-state index in [1.807, 2.05) is 18.4 Å². The first kappa shape index (κ1) is 13.7. The Labute approximate surface area is 116 Å². The van der Waals surface area contributed by atoms with Crippen molar-refractivity contribution >= 4 is 17.2 Å². The number of aryl methyl sites for hydroxylation is 1. The van der Waals surface area contributed by atoms with Crippen LogP contribution in [0.1, 0.15) is 16.0 Å². The quantitative estimate of drug-likeness (QED) is 0.839. The van der Waals surface area contributed by atoms with Gasteiger partial charge in [-0.25, -0.2) is 4.39 Å². The maximum atomic E-state index is 13.5. The third-order valence-electron chi connectivity index (χ3n) is 3.07. The second kappa shape index (κ2) is 5.97. The largest absolute Gasteiger partial charge is 0.340 e. The normalized spacial score (nSPS) is 10.5. The smallest absolute Gasteiger partial charge is 0.227 e. The van der Waals surface area contributed by atoms with E-state index in [1.54, 1.807) is 41.5 Å². The fourth-order valence-electron chi connectivity index (χ4n) is 1.81. The summed E-state index contributed by atoms with van der Waals surface area (Å²) in [6.07, 6.45) is 0.105. The number of hydrogen-bond acceptors (Lipinski definition) is 2. The molecule has 0 aliphatic heterocycles. The highest BCUT2D eigenvalue weighted by Crippen LogP contribution is 2.18. The number of rotatable bonds is 4. The summed E-state index contributed by atoms with van der Waals surface area (Å²) in [6, 6.07) is 8.44. The van der Waals surface area contributed by atoms with Crippen LogP contribution in [0, 0.1) is 12.7 Å². The summed E-state index contributed by atoms with van der Waals surface area (Å²) in [6.45, 7) is 2.61. The Hall–Kier alpha value is -1.68. The van der Waals surface area contributed by atoms with Gasteiger partial charge in [0, 0.05) is 11.9 Å². The van der Waals surface area contributed by atoms with E-state index in [-0.39, 0.29) is 18.1 Å². The maximum Gasteiger partial charge on any atom is 0.227 e. The number of hydrogen-bond donors (Lipinski definition) is 0. The first-order chi connectivity index (χ1) is 9.08. The Morgan fingerprint density at radius 1 is 1.32 bits per heavy atom. The second-order valence-corrected chi connectivity index (χ2v) is 5.55. The van der Waals surface area contributed by atoms with Gasteiger partial charge >= 0.3 is 0 Å². The lowest BCUT2D eigenvalue weighted by molar-refractivity contribution is -0.129. The molecule has 0 aliphatic carbocycles. The van der Waals surface area contributed by atoms with Crippen LogP contribution >= 0.6 is 11.3 Å². The summed E-state index contributed by atoms with van der Waals surface area (Å²) in [7, 11) is 1.75. The van der Waals surface area contributed by atoms with Crippen molar-refractivity contribution in [3.63, 3.8) is 0 Å². The maximum absolute atomic E-state index is 13.5. The minimum atomic E-state index is -0.323. The standard InChI is InChI=1S/C15H16FNOS/c1-11-7-8-19-14(11)10-17(2)15(18)9-12-5-3-4-6-13(12)16/h3-8H,9-10H2,1-2H3. The molecule has 2 nitrogen and oxygen atoms in total. The molecule has 0 saturated carbocycles. The van der Waals surface area contributed by atoms with Crippen molar-refractivity contribution in [1.29, 1.82) is 0 Å². The monoisotopic (exact) mass is 277 g/mol. The molecule has 1 aromatic carbocycles. The molecule has 0 fully saturated rings. The van der Waals surface area contributed by atoms with Crippen LogP contribution < -0.4 is 0 Å². The van der Waals surface area contributed by atoms with E-state index >= 15 is 0 Å². The van der Waals surface area contributed by atoms with Gasteiger partial charge in [-0.3, -0.25) is 4.79 Å². The Kier molecular flexibility index (Phi) is 4.32. The first-order valence-electron chi connectivity index (χ1n) is 6.08. The molecule has 1 aromatic heterocycles. The van der Waals surface area contributed by atoms with E-state index in [2.05, 4.69) is 0 Å². The van der Waals surface area contributed by atoms with E-state index in [0.717, 1.165) is 0 Å². The summed E-state index contributed by atoms with van der Waals surface area (Å²) < 4.78 is 13.5. The topological polar surface area (TPSA) is 20.3 Å². The zero-order valence-electron chi connectivity index (χ0n) is 11.0. The van der Waals surface area contributed by atoms with Gasteiger partial charge in [-0.2, -0.15) is 0 Å². The summed E-state index contributed by atoms with van der Waals surface area (Å²) in [5.41, 5.74) is 1.64. The molecular formula is C15H16FNOS. The van der Waals surface area contributed by atoms with Crippen LogP contribution in [0.15, 0.2) is 35.7 Å². The molecule has 19 heavy (non-hydrogen) atoms. The van der Waals surface area contributed by atoms with Crippen molar-refractivity contribution in [3.8, 4) is 0 Å². The summed E-state index contributed by atoms with van der Waals surface area (Å²) in [5, 5.41) is 2.01. The van der Waals surface area contributed by atoms with Crippen LogP contribution in [0.5, 0.6) is 0 Å². The highest BCUT2D eigenvalue weighted by molar-refractivity contribution is 7.10. The fourth-order valence-corrected chi connectivity index (χ4v) is 2.77. The molecule has 100 valence electrons. The molecule has 0 spiro atoms.